The molecule has 0 radical (unpaired) electrons. The number of aryl methyl sites for hydroxylation is 2. The molecule has 0 fully saturated rings. The highest BCUT2D eigenvalue weighted by Crippen LogP contribution is 2.29. The molecule has 7 heteroatoms. The van der Waals surface area contributed by atoms with E-state index >= 15 is 0 Å². The van der Waals surface area contributed by atoms with Crippen molar-refractivity contribution in [3.8, 4) is 16.9 Å². The Kier molecular flexibility index (Phi) is 7.08. The van der Waals surface area contributed by atoms with Crippen LogP contribution in [0.15, 0.2) is 66.7 Å². The molecule has 0 bridgehead atoms. The zero-order chi connectivity index (χ0) is 23.5. The van der Waals surface area contributed by atoms with E-state index in [1.165, 1.54) is 0 Å². The van der Waals surface area contributed by atoms with Gasteiger partial charge in [0.2, 0.25) is 0 Å². The lowest BCUT2D eigenvalue weighted by molar-refractivity contribution is 0.0946. The highest BCUT2D eigenvalue weighted by molar-refractivity contribution is 6.35. The molecule has 0 atom stereocenters. The van der Waals surface area contributed by atoms with Crippen molar-refractivity contribution in [2.24, 2.45) is 0 Å². The highest BCUT2D eigenvalue weighted by Gasteiger charge is 2.19. The van der Waals surface area contributed by atoms with Gasteiger partial charge in [-0.2, -0.15) is 5.10 Å². The van der Waals surface area contributed by atoms with E-state index < -0.39 is 0 Å². The number of benzene rings is 3. The molecule has 0 spiro atoms. The summed E-state index contributed by atoms with van der Waals surface area (Å²) in [4.78, 5) is 13.2. The van der Waals surface area contributed by atoms with Crippen LogP contribution in [0.3, 0.4) is 0 Å². The second kappa shape index (κ2) is 10.0. The Morgan fingerprint density at radius 1 is 0.939 bits per heavy atom. The molecule has 1 aromatic heterocycles. The number of amides is 1. The van der Waals surface area contributed by atoms with Gasteiger partial charge in [0.15, 0.2) is 0 Å². The van der Waals surface area contributed by atoms with Crippen molar-refractivity contribution in [1.82, 2.24) is 15.1 Å². The van der Waals surface area contributed by atoms with E-state index in [2.05, 4.69) is 11.4 Å². The second-order valence-corrected chi connectivity index (χ2v) is 9.09. The average molecular weight is 499 g/mol. The summed E-state index contributed by atoms with van der Waals surface area (Å²) in [5, 5.41) is 9.47. The standard InChI is InChI=1S/C26H22Cl3N3O/c1-16-7-10-24(17(2)13-16)32-25(15-23(31-32)20-5-3-4-6-21(20)28)26(33)30-12-11-18-8-9-19(27)14-22(18)29/h3-10,13-15H,11-12H2,1-2H3,(H,30,33). The molecule has 4 aromatic rings. The molecule has 0 saturated carbocycles. The van der Waals surface area contributed by atoms with Crippen molar-refractivity contribution in [3.05, 3.63) is 104 Å². The van der Waals surface area contributed by atoms with Crippen LogP contribution in [-0.4, -0.2) is 22.2 Å². The van der Waals surface area contributed by atoms with Gasteiger partial charge in [0.25, 0.3) is 5.91 Å². The summed E-state index contributed by atoms with van der Waals surface area (Å²) >= 11 is 18.6. The van der Waals surface area contributed by atoms with Gasteiger partial charge in [0, 0.05) is 22.2 Å². The minimum atomic E-state index is -0.231. The van der Waals surface area contributed by atoms with Gasteiger partial charge in [-0.1, -0.05) is 76.8 Å². The van der Waals surface area contributed by atoms with Crippen LogP contribution in [0, 0.1) is 13.8 Å². The third-order valence-corrected chi connectivity index (χ3v) is 6.28. The zero-order valence-electron chi connectivity index (χ0n) is 18.2. The number of hydrogen-bond donors (Lipinski definition) is 1. The summed E-state index contributed by atoms with van der Waals surface area (Å²) in [6, 6.07) is 20.6. The molecular weight excluding hydrogens is 477 g/mol. The number of carbonyl (C=O) groups is 1. The summed E-state index contributed by atoms with van der Waals surface area (Å²) in [5.41, 5.74) is 5.74. The Morgan fingerprint density at radius 3 is 2.45 bits per heavy atom. The summed E-state index contributed by atoms with van der Waals surface area (Å²) in [6.07, 6.45) is 0.580. The molecule has 0 aliphatic carbocycles. The van der Waals surface area contributed by atoms with Gasteiger partial charge < -0.3 is 5.32 Å². The van der Waals surface area contributed by atoms with E-state index in [1.807, 2.05) is 56.3 Å². The number of aromatic nitrogens is 2. The molecule has 1 N–H and O–H groups in total. The van der Waals surface area contributed by atoms with Gasteiger partial charge in [-0.05, 0) is 61.7 Å². The predicted molar refractivity (Wildman–Crippen MR) is 136 cm³/mol. The van der Waals surface area contributed by atoms with Crippen LogP contribution in [0.1, 0.15) is 27.2 Å². The number of carbonyl (C=O) groups excluding carboxylic acids is 1. The Labute approximate surface area is 208 Å². The summed E-state index contributed by atoms with van der Waals surface area (Å²) in [5.74, 6) is -0.231. The van der Waals surface area contributed by atoms with Crippen molar-refractivity contribution in [2.75, 3.05) is 6.54 Å². The maximum atomic E-state index is 13.2. The van der Waals surface area contributed by atoms with E-state index in [9.17, 15) is 4.79 Å². The summed E-state index contributed by atoms with van der Waals surface area (Å²) in [6.45, 7) is 4.45. The van der Waals surface area contributed by atoms with Crippen LogP contribution >= 0.6 is 34.8 Å². The average Bonchev–Trinajstić information content (AvgIpc) is 3.20. The molecule has 33 heavy (non-hydrogen) atoms. The predicted octanol–water partition coefficient (Wildman–Crippen LogP) is 7.09. The molecule has 3 aromatic carbocycles. The Hall–Kier alpha value is -2.79. The van der Waals surface area contributed by atoms with Gasteiger partial charge in [-0.3, -0.25) is 4.79 Å². The fourth-order valence-electron chi connectivity index (χ4n) is 3.70. The molecule has 0 aliphatic heterocycles. The number of rotatable bonds is 6. The van der Waals surface area contributed by atoms with Crippen molar-refractivity contribution < 1.29 is 4.79 Å². The Balaban J connectivity index is 1.65. The third kappa shape index (κ3) is 5.25. The van der Waals surface area contributed by atoms with Crippen molar-refractivity contribution in [3.63, 3.8) is 0 Å². The van der Waals surface area contributed by atoms with Crippen molar-refractivity contribution >= 4 is 40.7 Å². The number of nitrogens with zero attached hydrogens (tertiary/aromatic N) is 2. The minimum Gasteiger partial charge on any atom is -0.350 e. The molecule has 168 valence electrons. The molecule has 1 amide bonds. The van der Waals surface area contributed by atoms with E-state index in [0.717, 1.165) is 27.9 Å². The first-order valence-electron chi connectivity index (χ1n) is 10.5. The maximum absolute atomic E-state index is 13.2. The van der Waals surface area contributed by atoms with Crippen LogP contribution in [0.5, 0.6) is 0 Å². The molecule has 4 nitrogen and oxygen atoms in total. The second-order valence-electron chi connectivity index (χ2n) is 7.84. The van der Waals surface area contributed by atoms with Crippen LogP contribution in [0.25, 0.3) is 16.9 Å². The van der Waals surface area contributed by atoms with E-state index in [1.54, 1.807) is 22.9 Å². The van der Waals surface area contributed by atoms with Crippen LogP contribution < -0.4 is 5.32 Å². The zero-order valence-corrected chi connectivity index (χ0v) is 20.5. The van der Waals surface area contributed by atoms with Gasteiger partial charge >= 0.3 is 0 Å². The molecule has 0 saturated heterocycles. The third-order valence-electron chi connectivity index (χ3n) is 5.37. The maximum Gasteiger partial charge on any atom is 0.270 e. The first kappa shape index (κ1) is 23.4. The molecule has 0 aliphatic rings. The lowest BCUT2D eigenvalue weighted by Crippen LogP contribution is -2.28. The lowest BCUT2D eigenvalue weighted by atomic mass is 10.1. The van der Waals surface area contributed by atoms with Crippen LogP contribution in [0.4, 0.5) is 0 Å². The quantitative estimate of drug-likeness (QED) is 0.308. The Morgan fingerprint density at radius 2 is 1.73 bits per heavy atom. The normalized spacial score (nSPS) is 10.9. The molecule has 1 heterocycles. The number of nitrogens with one attached hydrogen (secondary N) is 1. The smallest absolute Gasteiger partial charge is 0.270 e. The number of halogens is 3. The summed E-state index contributed by atoms with van der Waals surface area (Å²) in [7, 11) is 0. The lowest BCUT2D eigenvalue weighted by Gasteiger charge is -2.12. The van der Waals surface area contributed by atoms with Crippen LogP contribution in [0.2, 0.25) is 15.1 Å². The fraction of sp³-hybridized carbons (Fsp3) is 0.154. The van der Waals surface area contributed by atoms with Gasteiger partial charge in [-0.25, -0.2) is 4.68 Å². The fourth-order valence-corrected chi connectivity index (χ4v) is 4.43. The molecular formula is C26H22Cl3N3O. The first-order chi connectivity index (χ1) is 15.8. The summed E-state index contributed by atoms with van der Waals surface area (Å²) < 4.78 is 1.68. The van der Waals surface area contributed by atoms with Gasteiger partial charge in [0.05, 0.1) is 16.4 Å². The first-order valence-corrected chi connectivity index (χ1v) is 11.6. The topological polar surface area (TPSA) is 46.9 Å². The van der Waals surface area contributed by atoms with Gasteiger partial charge in [-0.15, -0.1) is 0 Å². The Bertz CT molecular complexity index is 1330. The molecule has 0 unspecified atom stereocenters. The van der Waals surface area contributed by atoms with Gasteiger partial charge in [0.1, 0.15) is 5.69 Å². The molecule has 4 rings (SSSR count). The largest absolute Gasteiger partial charge is 0.350 e. The number of hydrogen-bond acceptors (Lipinski definition) is 2. The monoisotopic (exact) mass is 497 g/mol. The van der Waals surface area contributed by atoms with Crippen molar-refractivity contribution in [1.29, 1.82) is 0 Å². The van der Waals surface area contributed by atoms with Crippen LogP contribution in [-0.2, 0) is 6.42 Å². The van der Waals surface area contributed by atoms with E-state index in [-0.39, 0.29) is 5.91 Å². The van der Waals surface area contributed by atoms with E-state index in [0.29, 0.717) is 39.4 Å². The highest BCUT2D eigenvalue weighted by atomic mass is 35.5. The SMILES string of the molecule is Cc1ccc(-n2nc(-c3ccccc3Cl)cc2C(=O)NCCc2ccc(Cl)cc2Cl)c(C)c1. The van der Waals surface area contributed by atoms with Crippen molar-refractivity contribution in [2.45, 2.75) is 20.3 Å². The van der Waals surface area contributed by atoms with E-state index in [4.69, 9.17) is 39.9 Å². The minimum absolute atomic E-state index is 0.231.